The second-order valence-electron chi connectivity index (χ2n) is 9.20. The van der Waals surface area contributed by atoms with E-state index in [1.54, 1.807) is 12.1 Å². The predicted molar refractivity (Wildman–Crippen MR) is 118 cm³/mol. The van der Waals surface area contributed by atoms with E-state index in [-0.39, 0.29) is 17.5 Å². The highest BCUT2D eigenvalue weighted by Gasteiger charge is 2.44. The Bertz CT molecular complexity index is 761. The molecule has 0 amide bonds. The third-order valence-corrected chi connectivity index (χ3v) is 7.04. The van der Waals surface area contributed by atoms with Gasteiger partial charge in [0.2, 0.25) is 0 Å². The second-order valence-corrected chi connectivity index (χ2v) is 9.20. The Morgan fingerprint density at radius 3 is 2.66 bits per heavy atom. The molecule has 3 heteroatoms. The number of carbonyl (C=O) groups is 1. The van der Waals surface area contributed by atoms with Crippen LogP contribution in [-0.4, -0.2) is 18.7 Å². The molecule has 0 bridgehead atoms. The minimum atomic E-state index is -0.251. The van der Waals surface area contributed by atoms with Crippen molar-refractivity contribution in [2.24, 2.45) is 17.3 Å². The van der Waals surface area contributed by atoms with E-state index in [0.29, 0.717) is 24.0 Å². The number of unbranched alkanes of at least 4 members (excludes halogenated alkanes) is 1. The predicted octanol–water partition coefficient (Wildman–Crippen LogP) is 6.74. The van der Waals surface area contributed by atoms with Crippen molar-refractivity contribution in [1.29, 1.82) is 0 Å². The molecule has 29 heavy (non-hydrogen) atoms. The molecule has 4 atom stereocenters. The average Bonchev–Trinajstić information content (AvgIpc) is 2.69. The van der Waals surface area contributed by atoms with E-state index in [4.69, 9.17) is 9.47 Å². The van der Waals surface area contributed by atoms with Gasteiger partial charge in [-0.25, -0.2) is 4.79 Å². The summed E-state index contributed by atoms with van der Waals surface area (Å²) in [4.78, 5) is 12.7. The molecule has 1 fully saturated rings. The maximum Gasteiger partial charge on any atom is 0.338 e. The number of hydrogen-bond donors (Lipinski definition) is 0. The Morgan fingerprint density at radius 2 is 2.00 bits per heavy atom. The van der Waals surface area contributed by atoms with E-state index >= 15 is 0 Å². The lowest BCUT2D eigenvalue weighted by molar-refractivity contribution is 0.0224. The van der Waals surface area contributed by atoms with Crippen molar-refractivity contribution in [3.63, 3.8) is 0 Å². The van der Waals surface area contributed by atoms with Crippen molar-refractivity contribution >= 4 is 5.97 Å². The lowest BCUT2D eigenvalue weighted by atomic mass is 9.57. The molecule has 0 heterocycles. The van der Waals surface area contributed by atoms with Gasteiger partial charge in [0.15, 0.2) is 0 Å². The van der Waals surface area contributed by atoms with Crippen molar-refractivity contribution in [2.75, 3.05) is 6.61 Å². The fourth-order valence-corrected chi connectivity index (χ4v) is 4.78. The van der Waals surface area contributed by atoms with Gasteiger partial charge in [-0.3, -0.25) is 0 Å². The first-order valence-electron chi connectivity index (χ1n) is 11.1. The Labute approximate surface area is 176 Å². The number of esters is 1. The first-order chi connectivity index (χ1) is 13.8. The molecular formula is C26H36O3. The molecule has 0 spiro atoms. The molecule has 1 aromatic rings. The van der Waals surface area contributed by atoms with E-state index in [1.165, 1.54) is 11.1 Å². The number of fused-ring (bicyclic) bond motifs is 1. The lowest BCUT2D eigenvalue weighted by Gasteiger charge is -2.48. The van der Waals surface area contributed by atoms with Crippen LogP contribution in [0.25, 0.3) is 0 Å². The Kier molecular flexibility index (Phi) is 6.87. The van der Waals surface area contributed by atoms with Crippen LogP contribution in [0.15, 0.2) is 48.1 Å². The second kappa shape index (κ2) is 9.19. The topological polar surface area (TPSA) is 35.5 Å². The smallest absolute Gasteiger partial charge is 0.338 e. The quantitative estimate of drug-likeness (QED) is 0.291. The standard InChI is InChI=1S/C26H36O3/c1-6-7-14-28-23-12-9-20(10-13-23)25(27)29-24-15-19(4)26(5)17-21(18(2)3)8-11-22(26)16-24/h9-10,12-13,16,19,21,24H,2,6-8,11,14-15,17H2,1,3-5H3. The van der Waals surface area contributed by atoms with Gasteiger partial charge in [0.25, 0.3) is 0 Å². The molecule has 0 aromatic heterocycles. The Balaban J connectivity index is 1.64. The highest BCUT2D eigenvalue weighted by Crippen LogP contribution is 2.53. The number of benzene rings is 1. The van der Waals surface area contributed by atoms with Gasteiger partial charge in [0.05, 0.1) is 12.2 Å². The van der Waals surface area contributed by atoms with Gasteiger partial charge in [-0.15, -0.1) is 0 Å². The number of carbonyl (C=O) groups excluding carboxylic acids is 1. The van der Waals surface area contributed by atoms with Crippen LogP contribution in [0.4, 0.5) is 0 Å². The van der Waals surface area contributed by atoms with E-state index in [0.717, 1.165) is 44.3 Å². The van der Waals surface area contributed by atoms with Crippen LogP contribution in [0.3, 0.4) is 0 Å². The molecule has 2 aliphatic rings. The van der Waals surface area contributed by atoms with E-state index < -0.39 is 0 Å². The van der Waals surface area contributed by atoms with E-state index in [1.807, 2.05) is 12.1 Å². The summed E-state index contributed by atoms with van der Waals surface area (Å²) in [6.07, 6.45) is 8.51. The van der Waals surface area contributed by atoms with Crippen LogP contribution in [-0.2, 0) is 4.74 Å². The van der Waals surface area contributed by atoms with Gasteiger partial charge < -0.3 is 9.47 Å². The zero-order valence-corrected chi connectivity index (χ0v) is 18.5. The van der Waals surface area contributed by atoms with Crippen LogP contribution in [0.5, 0.6) is 5.75 Å². The summed E-state index contributed by atoms with van der Waals surface area (Å²) >= 11 is 0. The molecule has 1 aromatic carbocycles. The average molecular weight is 397 g/mol. The van der Waals surface area contributed by atoms with Gasteiger partial charge in [-0.1, -0.05) is 44.9 Å². The number of hydrogen-bond acceptors (Lipinski definition) is 3. The normalized spacial score (nSPS) is 28.8. The van der Waals surface area contributed by atoms with E-state index in [2.05, 4.69) is 40.3 Å². The zero-order chi connectivity index (χ0) is 21.0. The van der Waals surface area contributed by atoms with Gasteiger partial charge in [-0.2, -0.15) is 0 Å². The Hall–Kier alpha value is -2.03. The van der Waals surface area contributed by atoms with Crippen LogP contribution < -0.4 is 4.74 Å². The highest BCUT2D eigenvalue weighted by atomic mass is 16.5. The van der Waals surface area contributed by atoms with Crippen LogP contribution in [0.2, 0.25) is 0 Å². The summed E-state index contributed by atoms with van der Waals surface area (Å²) in [5.74, 6) is 1.64. The minimum Gasteiger partial charge on any atom is -0.494 e. The van der Waals surface area contributed by atoms with Gasteiger partial charge in [0, 0.05) is 0 Å². The molecule has 0 saturated heterocycles. The first kappa shape index (κ1) is 21.7. The number of ether oxygens (including phenoxy) is 2. The van der Waals surface area contributed by atoms with Crippen molar-refractivity contribution in [1.82, 2.24) is 0 Å². The Morgan fingerprint density at radius 1 is 1.28 bits per heavy atom. The van der Waals surface area contributed by atoms with Gasteiger partial charge >= 0.3 is 5.97 Å². The zero-order valence-electron chi connectivity index (χ0n) is 18.5. The molecule has 4 unspecified atom stereocenters. The fraction of sp³-hybridized carbons (Fsp3) is 0.577. The number of allylic oxidation sites excluding steroid dienone is 2. The summed E-state index contributed by atoms with van der Waals surface area (Å²) in [6.45, 7) is 13.9. The third kappa shape index (κ3) is 4.94. The van der Waals surface area contributed by atoms with Crippen molar-refractivity contribution in [3.05, 3.63) is 53.6 Å². The molecule has 0 radical (unpaired) electrons. The third-order valence-electron chi connectivity index (χ3n) is 7.04. The maximum absolute atomic E-state index is 12.7. The summed E-state index contributed by atoms with van der Waals surface area (Å²) in [7, 11) is 0. The molecule has 3 rings (SSSR count). The van der Waals surface area contributed by atoms with Crippen molar-refractivity contribution in [2.45, 2.75) is 72.3 Å². The summed E-state index contributed by atoms with van der Waals surface area (Å²) in [5, 5.41) is 0. The lowest BCUT2D eigenvalue weighted by Crippen LogP contribution is -2.40. The highest BCUT2D eigenvalue weighted by molar-refractivity contribution is 5.89. The monoisotopic (exact) mass is 396 g/mol. The van der Waals surface area contributed by atoms with Crippen LogP contribution in [0, 0.1) is 17.3 Å². The van der Waals surface area contributed by atoms with Crippen LogP contribution in [0.1, 0.15) is 76.6 Å². The summed E-state index contributed by atoms with van der Waals surface area (Å²) < 4.78 is 11.6. The molecule has 3 nitrogen and oxygen atoms in total. The fourth-order valence-electron chi connectivity index (χ4n) is 4.78. The molecule has 0 aliphatic heterocycles. The SMILES string of the molecule is C=C(C)C1CCC2=CC(OC(=O)c3ccc(OCCCC)cc3)CC(C)C2(C)C1. The first-order valence-corrected chi connectivity index (χ1v) is 11.1. The molecular weight excluding hydrogens is 360 g/mol. The van der Waals surface area contributed by atoms with E-state index in [9.17, 15) is 4.79 Å². The van der Waals surface area contributed by atoms with Crippen LogP contribution >= 0.6 is 0 Å². The maximum atomic E-state index is 12.7. The molecule has 158 valence electrons. The molecule has 2 aliphatic carbocycles. The summed E-state index contributed by atoms with van der Waals surface area (Å²) in [5.41, 5.74) is 3.54. The number of rotatable bonds is 7. The molecule has 0 N–H and O–H groups in total. The van der Waals surface area contributed by atoms with Gasteiger partial charge in [0.1, 0.15) is 11.9 Å². The van der Waals surface area contributed by atoms with Crippen molar-refractivity contribution < 1.29 is 14.3 Å². The van der Waals surface area contributed by atoms with Gasteiger partial charge in [-0.05, 0) is 86.6 Å². The molecule has 1 saturated carbocycles. The summed E-state index contributed by atoms with van der Waals surface area (Å²) in [6, 6.07) is 7.30. The minimum absolute atomic E-state index is 0.137. The largest absolute Gasteiger partial charge is 0.494 e. The van der Waals surface area contributed by atoms with Crippen molar-refractivity contribution in [3.8, 4) is 5.75 Å².